The smallest absolute Gasteiger partial charge is 0.154 e. The van der Waals surface area contributed by atoms with Gasteiger partial charge in [0.05, 0.1) is 5.41 Å². The second-order valence-electron chi connectivity index (χ2n) is 11.0. The molecule has 0 amide bonds. The molecule has 3 heteroatoms. The molecule has 0 fully saturated rings. The minimum absolute atomic E-state index is 0.244. The van der Waals surface area contributed by atoms with Crippen molar-refractivity contribution < 1.29 is 0 Å². The number of nitrogens with zero attached hydrogens (tertiary/aromatic N) is 2. The largest absolute Gasteiger partial charge is 0.362 e. The topological polar surface area (TPSA) is 39.5 Å². The van der Waals surface area contributed by atoms with Crippen molar-refractivity contribution in [3.8, 4) is 11.1 Å². The molecule has 6 aromatic carbocycles. The SMILES string of the molecule is CN(C)C(=NC(=N)c1ccccc1)c1ccc2c(c1)-c1c(ccc3ccccc13)C2(c1ccccc1)c1ccccc1. The molecule has 0 spiro atoms. The number of benzene rings is 6. The number of hydrogen-bond donors (Lipinski definition) is 1. The van der Waals surface area contributed by atoms with Crippen LogP contribution in [0, 0.1) is 5.41 Å². The molecule has 0 heterocycles. The molecule has 1 aliphatic rings. The highest BCUT2D eigenvalue weighted by Gasteiger charge is 2.46. The van der Waals surface area contributed by atoms with Crippen LogP contribution in [0.15, 0.2) is 151 Å². The maximum Gasteiger partial charge on any atom is 0.154 e. The van der Waals surface area contributed by atoms with Gasteiger partial charge in [-0.05, 0) is 50.2 Å². The van der Waals surface area contributed by atoms with Gasteiger partial charge in [-0.3, -0.25) is 5.41 Å². The number of fused-ring (bicyclic) bond motifs is 5. The van der Waals surface area contributed by atoms with Gasteiger partial charge in [-0.1, -0.05) is 140 Å². The first kappa shape index (κ1) is 25.7. The van der Waals surface area contributed by atoms with Crippen molar-refractivity contribution in [2.75, 3.05) is 14.1 Å². The molecule has 1 N–H and O–H groups in total. The zero-order valence-electron chi connectivity index (χ0n) is 23.8. The molecule has 7 rings (SSSR count). The fourth-order valence-corrected chi connectivity index (χ4v) is 6.59. The van der Waals surface area contributed by atoms with E-state index in [-0.39, 0.29) is 5.84 Å². The van der Waals surface area contributed by atoms with Crippen LogP contribution in [-0.4, -0.2) is 30.7 Å². The Morgan fingerprint density at radius 1 is 0.595 bits per heavy atom. The van der Waals surface area contributed by atoms with Crippen molar-refractivity contribution in [1.29, 1.82) is 5.41 Å². The van der Waals surface area contributed by atoms with Crippen LogP contribution in [0.3, 0.4) is 0 Å². The second kappa shape index (κ2) is 10.3. The highest BCUT2D eigenvalue weighted by molar-refractivity contribution is 6.12. The predicted molar refractivity (Wildman–Crippen MR) is 175 cm³/mol. The van der Waals surface area contributed by atoms with Crippen LogP contribution in [0.4, 0.5) is 0 Å². The molecule has 0 unspecified atom stereocenters. The number of rotatable bonds is 4. The second-order valence-corrected chi connectivity index (χ2v) is 11.0. The molecule has 0 atom stereocenters. The predicted octanol–water partition coefficient (Wildman–Crippen LogP) is 8.54. The van der Waals surface area contributed by atoms with E-state index in [0.29, 0.717) is 0 Å². The first-order valence-electron chi connectivity index (χ1n) is 14.3. The Bertz CT molecular complexity index is 1920. The van der Waals surface area contributed by atoms with Crippen molar-refractivity contribution >= 4 is 22.4 Å². The lowest BCUT2D eigenvalue weighted by molar-refractivity contribution is 0.624. The molecule has 0 radical (unpaired) electrons. The fourth-order valence-electron chi connectivity index (χ4n) is 6.59. The Kier molecular flexibility index (Phi) is 6.28. The van der Waals surface area contributed by atoms with E-state index in [1.165, 1.54) is 44.2 Å². The minimum atomic E-state index is -0.470. The maximum atomic E-state index is 8.75. The lowest BCUT2D eigenvalue weighted by Gasteiger charge is -2.34. The van der Waals surface area contributed by atoms with Crippen LogP contribution in [0.1, 0.15) is 33.4 Å². The Hall–Kier alpha value is -5.28. The summed E-state index contributed by atoms with van der Waals surface area (Å²) in [7, 11) is 3.98. The van der Waals surface area contributed by atoms with Crippen molar-refractivity contribution in [2.24, 2.45) is 4.99 Å². The quantitative estimate of drug-likeness (QED) is 0.176. The molecular weight excluding hydrogens is 510 g/mol. The van der Waals surface area contributed by atoms with Crippen molar-refractivity contribution in [3.63, 3.8) is 0 Å². The van der Waals surface area contributed by atoms with Gasteiger partial charge < -0.3 is 4.90 Å². The van der Waals surface area contributed by atoms with Gasteiger partial charge in [0.15, 0.2) is 5.84 Å². The van der Waals surface area contributed by atoms with E-state index in [1.54, 1.807) is 0 Å². The van der Waals surface area contributed by atoms with Gasteiger partial charge in [-0.15, -0.1) is 0 Å². The lowest BCUT2D eigenvalue weighted by Crippen LogP contribution is -2.29. The molecule has 0 bridgehead atoms. The van der Waals surface area contributed by atoms with Gasteiger partial charge >= 0.3 is 0 Å². The van der Waals surface area contributed by atoms with Gasteiger partial charge in [-0.2, -0.15) is 0 Å². The number of hydrogen-bond acceptors (Lipinski definition) is 1. The molecule has 42 heavy (non-hydrogen) atoms. The number of aliphatic imine (C=N–C) groups is 1. The standard InChI is InChI=1S/C39H31N3/c1-42(2)38(41-37(40)28-15-6-3-7-16-28)29-23-24-34-33(26-29)36-32-21-13-12-14-27(32)22-25-35(36)39(34,30-17-8-4-9-18-30)31-19-10-5-11-20-31/h3-26,40H,1-2H3. The molecule has 3 nitrogen and oxygen atoms in total. The molecule has 6 aromatic rings. The van der Waals surface area contributed by atoms with E-state index in [2.05, 4.69) is 115 Å². The Balaban J connectivity index is 1.54. The van der Waals surface area contributed by atoms with E-state index in [1.807, 2.05) is 49.3 Å². The zero-order valence-corrected chi connectivity index (χ0v) is 23.8. The summed E-state index contributed by atoms with van der Waals surface area (Å²) in [4.78, 5) is 6.84. The maximum absolute atomic E-state index is 8.75. The summed E-state index contributed by atoms with van der Waals surface area (Å²) in [6, 6.07) is 51.4. The molecule has 0 saturated carbocycles. The molecule has 0 saturated heterocycles. The van der Waals surface area contributed by atoms with E-state index >= 15 is 0 Å². The third-order valence-corrected chi connectivity index (χ3v) is 8.39. The van der Waals surface area contributed by atoms with Crippen molar-refractivity contribution in [1.82, 2.24) is 4.90 Å². The summed E-state index contributed by atoms with van der Waals surface area (Å²) in [6.07, 6.45) is 0. The summed E-state index contributed by atoms with van der Waals surface area (Å²) in [5.74, 6) is 0.999. The van der Waals surface area contributed by atoms with Crippen LogP contribution < -0.4 is 0 Å². The third kappa shape index (κ3) is 3.97. The summed E-state index contributed by atoms with van der Waals surface area (Å²) in [5.41, 5.74) is 8.79. The zero-order chi connectivity index (χ0) is 28.7. The van der Waals surface area contributed by atoms with Crippen molar-refractivity contribution in [2.45, 2.75) is 5.41 Å². The summed E-state index contributed by atoms with van der Waals surface area (Å²) in [5, 5.41) is 11.2. The highest BCUT2D eigenvalue weighted by atomic mass is 15.1. The van der Waals surface area contributed by atoms with Gasteiger partial charge in [-0.25, -0.2) is 4.99 Å². The van der Waals surface area contributed by atoms with Crippen LogP contribution in [0.25, 0.3) is 21.9 Å². The average Bonchev–Trinajstić information content (AvgIpc) is 3.35. The normalized spacial score (nSPS) is 13.4. The molecule has 1 aliphatic carbocycles. The van der Waals surface area contributed by atoms with Crippen LogP contribution >= 0.6 is 0 Å². The van der Waals surface area contributed by atoms with E-state index in [0.717, 1.165) is 17.0 Å². The first-order valence-corrected chi connectivity index (χ1v) is 14.3. The van der Waals surface area contributed by atoms with Gasteiger partial charge in [0.25, 0.3) is 0 Å². The third-order valence-electron chi connectivity index (χ3n) is 8.39. The number of amidine groups is 2. The van der Waals surface area contributed by atoms with Crippen LogP contribution in [-0.2, 0) is 5.41 Å². The first-order chi connectivity index (χ1) is 20.6. The molecule has 202 valence electrons. The van der Waals surface area contributed by atoms with Gasteiger partial charge in [0, 0.05) is 25.2 Å². The van der Waals surface area contributed by atoms with Crippen LogP contribution in [0.2, 0.25) is 0 Å². The van der Waals surface area contributed by atoms with E-state index < -0.39 is 5.41 Å². The average molecular weight is 542 g/mol. The molecule has 0 aliphatic heterocycles. The lowest BCUT2D eigenvalue weighted by atomic mass is 9.67. The highest BCUT2D eigenvalue weighted by Crippen LogP contribution is 2.57. The Labute approximate surface area is 247 Å². The summed E-state index contributed by atoms with van der Waals surface area (Å²) < 4.78 is 0. The van der Waals surface area contributed by atoms with Crippen LogP contribution in [0.5, 0.6) is 0 Å². The minimum Gasteiger partial charge on any atom is -0.362 e. The van der Waals surface area contributed by atoms with E-state index in [9.17, 15) is 0 Å². The molecule has 0 aromatic heterocycles. The van der Waals surface area contributed by atoms with Gasteiger partial charge in [0.1, 0.15) is 5.84 Å². The number of nitrogens with one attached hydrogen (secondary N) is 1. The van der Waals surface area contributed by atoms with E-state index in [4.69, 9.17) is 10.4 Å². The fraction of sp³-hybridized carbons (Fsp3) is 0.0769. The van der Waals surface area contributed by atoms with Crippen molar-refractivity contribution in [3.05, 3.63) is 179 Å². The Morgan fingerprint density at radius 3 is 1.81 bits per heavy atom. The summed E-state index contributed by atoms with van der Waals surface area (Å²) >= 11 is 0. The Morgan fingerprint density at radius 2 is 1.17 bits per heavy atom. The monoisotopic (exact) mass is 541 g/mol. The summed E-state index contributed by atoms with van der Waals surface area (Å²) in [6.45, 7) is 0. The van der Waals surface area contributed by atoms with Gasteiger partial charge in [0.2, 0.25) is 0 Å². The molecular formula is C39H31N3.